The third-order valence-corrected chi connectivity index (χ3v) is 7.78. The van der Waals surface area contributed by atoms with E-state index in [-0.39, 0.29) is 24.2 Å². The van der Waals surface area contributed by atoms with Crippen molar-refractivity contribution in [3.8, 4) is 28.4 Å². The molecule has 4 aromatic rings. The molecule has 5 rings (SSSR count). The van der Waals surface area contributed by atoms with E-state index in [9.17, 15) is 9.59 Å². The van der Waals surface area contributed by atoms with Gasteiger partial charge < -0.3 is 24.8 Å². The van der Waals surface area contributed by atoms with E-state index in [0.717, 1.165) is 35.2 Å². The molecule has 1 fully saturated rings. The molecule has 0 saturated carbocycles. The molecular weight excluding hydrogens is 570 g/mol. The molecule has 43 heavy (non-hydrogen) atoms. The smallest absolute Gasteiger partial charge is 0.306 e. The summed E-state index contributed by atoms with van der Waals surface area (Å²) in [4.78, 5) is 31.2. The molecule has 0 spiro atoms. The summed E-state index contributed by atoms with van der Waals surface area (Å²) in [7, 11) is 1.57. The Morgan fingerprint density at radius 2 is 2.05 bits per heavy atom. The largest absolute Gasteiger partial charge is 0.493 e. The number of methoxy groups -OCH3 is 1. The molecule has 1 amide bonds. The Bertz CT molecular complexity index is 1670. The number of anilines is 1. The second kappa shape index (κ2) is 13.2. The molecule has 10 nitrogen and oxygen atoms in total. The average Bonchev–Trinajstić information content (AvgIpc) is 3.35. The van der Waals surface area contributed by atoms with Crippen molar-refractivity contribution >= 4 is 34.8 Å². The lowest BCUT2D eigenvalue weighted by atomic mass is 9.88. The van der Waals surface area contributed by atoms with Gasteiger partial charge in [0.25, 0.3) is 0 Å². The molecule has 224 valence electrons. The maximum atomic E-state index is 12.6. The molecule has 11 heteroatoms. The van der Waals surface area contributed by atoms with Gasteiger partial charge >= 0.3 is 5.97 Å². The highest BCUT2D eigenvalue weighted by molar-refractivity contribution is 6.30. The number of carbonyl (C=O) groups is 2. The number of nitrogens with two attached hydrogens (primary N) is 1. The second-order valence-electron chi connectivity index (χ2n) is 10.2. The standard InChI is InChI=1S/C32H34ClN5O5/c1-4-27(39)37-15-7-8-21(18-37)30-24(12-14-28(40)42-5-2)29(31-32(34)35-19-36-38(30)31)20-11-13-25(26(16-20)41-3)43-23-10-6-9-22(33)17-23/h4,6,9-11,13,16-17,19,21H,1,5,7-8,12,14-15,18H2,2-3H3,(H2,34,35,36). The first-order valence-electron chi connectivity index (χ1n) is 14.2. The molecule has 2 aromatic heterocycles. The van der Waals surface area contributed by atoms with Gasteiger partial charge in [0.05, 0.1) is 19.4 Å². The molecule has 1 aliphatic heterocycles. The molecular formula is C32H34ClN5O5. The molecule has 1 saturated heterocycles. The number of nitrogen functional groups attached to an aromatic ring is 1. The van der Waals surface area contributed by atoms with Crippen molar-refractivity contribution in [1.82, 2.24) is 19.5 Å². The van der Waals surface area contributed by atoms with Gasteiger partial charge in [-0.25, -0.2) is 9.50 Å². The summed E-state index contributed by atoms with van der Waals surface area (Å²) in [5.74, 6) is 1.38. The van der Waals surface area contributed by atoms with Crippen molar-refractivity contribution < 1.29 is 23.8 Å². The van der Waals surface area contributed by atoms with Gasteiger partial charge in [-0.2, -0.15) is 5.10 Å². The van der Waals surface area contributed by atoms with Crippen LogP contribution in [0.5, 0.6) is 17.2 Å². The van der Waals surface area contributed by atoms with Crippen molar-refractivity contribution in [3.05, 3.63) is 77.7 Å². The van der Waals surface area contributed by atoms with E-state index in [1.54, 1.807) is 37.1 Å². The Kier molecular flexibility index (Phi) is 9.16. The molecule has 1 aliphatic rings. The molecule has 1 unspecified atom stereocenters. The molecule has 0 bridgehead atoms. The third kappa shape index (κ3) is 6.29. The van der Waals surface area contributed by atoms with Crippen LogP contribution < -0.4 is 15.2 Å². The van der Waals surface area contributed by atoms with Crippen LogP contribution >= 0.6 is 11.6 Å². The minimum absolute atomic E-state index is 0.0577. The van der Waals surface area contributed by atoms with Crippen LogP contribution in [0.1, 0.15) is 43.4 Å². The number of nitrogens with zero attached hydrogens (tertiary/aromatic N) is 4. The molecule has 2 aromatic carbocycles. The number of esters is 1. The lowest BCUT2D eigenvalue weighted by molar-refractivity contribution is -0.143. The summed E-state index contributed by atoms with van der Waals surface area (Å²) in [6, 6.07) is 12.7. The highest BCUT2D eigenvalue weighted by Gasteiger charge is 2.32. The van der Waals surface area contributed by atoms with Crippen LogP contribution in [0.15, 0.2) is 61.4 Å². The number of halogens is 1. The summed E-state index contributed by atoms with van der Waals surface area (Å²) in [6.07, 6.45) is 4.94. The number of ether oxygens (including phenoxy) is 3. The number of benzene rings is 2. The van der Waals surface area contributed by atoms with Crippen LogP contribution in [0, 0.1) is 0 Å². The van der Waals surface area contributed by atoms with Crippen molar-refractivity contribution in [3.63, 3.8) is 0 Å². The van der Waals surface area contributed by atoms with Gasteiger partial charge in [-0.15, -0.1) is 0 Å². The van der Waals surface area contributed by atoms with E-state index in [2.05, 4.69) is 16.7 Å². The number of fused-ring (bicyclic) bond motifs is 1. The van der Waals surface area contributed by atoms with Crippen LogP contribution in [-0.2, 0) is 20.7 Å². The Balaban J connectivity index is 1.66. The van der Waals surface area contributed by atoms with Crippen molar-refractivity contribution in [1.29, 1.82) is 0 Å². The second-order valence-corrected chi connectivity index (χ2v) is 10.6. The summed E-state index contributed by atoms with van der Waals surface area (Å²) in [5, 5.41) is 5.17. The Hall–Kier alpha value is -4.57. The van der Waals surface area contributed by atoms with Crippen LogP contribution in [0.2, 0.25) is 5.02 Å². The van der Waals surface area contributed by atoms with Gasteiger partial charge in [-0.05, 0) is 73.7 Å². The van der Waals surface area contributed by atoms with E-state index in [4.69, 9.17) is 31.5 Å². The van der Waals surface area contributed by atoms with Crippen LogP contribution in [0.4, 0.5) is 5.82 Å². The van der Waals surface area contributed by atoms with E-state index >= 15 is 0 Å². The van der Waals surface area contributed by atoms with E-state index in [1.807, 2.05) is 28.8 Å². The monoisotopic (exact) mass is 603 g/mol. The first-order valence-corrected chi connectivity index (χ1v) is 14.5. The number of hydrogen-bond acceptors (Lipinski definition) is 8. The van der Waals surface area contributed by atoms with Gasteiger partial charge in [0.15, 0.2) is 17.3 Å². The number of aromatic nitrogens is 3. The van der Waals surface area contributed by atoms with Crippen molar-refractivity contribution in [2.75, 3.05) is 32.5 Å². The lowest BCUT2D eigenvalue weighted by Gasteiger charge is -2.32. The molecule has 1 atom stereocenters. The highest BCUT2D eigenvalue weighted by atomic mass is 35.5. The summed E-state index contributed by atoms with van der Waals surface area (Å²) >= 11 is 6.15. The predicted octanol–water partition coefficient (Wildman–Crippen LogP) is 5.82. The van der Waals surface area contributed by atoms with Crippen molar-refractivity contribution in [2.45, 2.75) is 38.5 Å². The zero-order valence-electron chi connectivity index (χ0n) is 24.2. The van der Waals surface area contributed by atoms with Gasteiger partial charge in [0.1, 0.15) is 17.6 Å². The summed E-state index contributed by atoms with van der Waals surface area (Å²) in [5.41, 5.74) is 10.5. The van der Waals surface area contributed by atoms with E-state index < -0.39 is 0 Å². The number of carbonyl (C=O) groups excluding carboxylic acids is 2. The average molecular weight is 604 g/mol. The predicted molar refractivity (Wildman–Crippen MR) is 165 cm³/mol. The zero-order chi connectivity index (χ0) is 30.5. The first-order chi connectivity index (χ1) is 20.8. The fourth-order valence-electron chi connectivity index (χ4n) is 5.72. The molecule has 2 N–H and O–H groups in total. The molecule has 0 radical (unpaired) electrons. The minimum atomic E-state index is -0.302. The lowest BCUT2D eigenvalue weighted by Crippen LogP contribution is -2.38. The fraction of sp³-hybridized carbons (Fsp3) is 0.312. The minimum Gasteiger partial charge on any atom is -0.493 e. The summed E-state index contributed by atoms with van der Waals surface area (Å²) in [6.45, 7) is 6.88. The topological polar surface area (TPSA) is 121 Å². The van der Waals surface area contributed by atoms with E-state index in [1.165, 1.54) is 12.4 Å². The Morgan fingerprint density at radius 1 is 1.21 bits per heavy atom. The molecule has 3 heterocycles. The number of rotatable bonds is 10. The van der Waals surface area contributed by atoms with Gasteiger partial charge in [0, 0.05) is 36.0 Å². The maximum absolute atomic E-state index is 12.6. The van der Waals surface area contributed by atoms with Crippen molar-refractivity contribution in [2.24, 2.45) is 0 Å². The number of likely N-dealkylation sites (tertiary alicyclic amines) is 1. The van der Waals surface area contributed by atoms with Crippen LogP contribution in [0.25, 0.3) is 16.6 Å². The fourth-order valence-corrected chi connectivity index (χ4v) is 5.90. The SMILES string of the molecule is C=CC(=O)N1CCCC(c2c(CCC(=O)OCC)c(-c3ccc(Oc4cccc(Cl)c4)c(OC)c3)c3c(N)ncnn23)C1. The number of piperidine rings is 1. The van der Waals surface area contributed by atoms with Crippen LogP contribution in [-0.4, -0.2) is 58.2 Å². The van der Waals surface area contributed by atoms with Gasteiger partial charge in [-0.3, -0.25) is 9.59 Å². The van der Waals surface area contributed by atoms with Crippen LogP contribution in [0.3, 0.4) is 0 Å². The quantitative estimate of drug-likeness (QED) is 0.178. The zero-order valence-corrected chi connectivity index (χ0v) is 25.0. The van der Waals surface area contributed by atoms with Gasteiger partial charge in [0.2, 0.25) is 5.91 Å². The third-order valence-electron chi connectivity index (χ3n) is 7.55. The number of hydrogen-bond donors (Lipinski definition) is 1. The van der Waals surface area contributed by atoms with Gasteiger partial charge in [-0.1, -0.05) is 30.3 Å². The Labute approximate surface area is 255 Å². The maximum Gasteiger partial charge on any atom is 0.306 e. The molecule has 0 aliphatic carbocycles. The highest BCUT2D eigenvalue weighted by Crippen LogP contribution is 2.44. The normalized spacial score (nSPS) is 14.9. The Morgan fingerprint density at radius 3 is 2.79 bits per heavy atom. The number of amides is 1. The van der Waals surface area contributed by atoms with E-state index in [0.29, 0.717) is 59.7 Å². The summed E-state index contributed by atoms with van der Waals surface area (Å²) < 4.78 is 18.9. The first kappa shape index (κ1) is 29.9.